The highest BCUT2D eigenvalue weighted by Gasteiger charge is 2.28. The standard InChI is InChI=1S/C8H8NO5PS/c1-12-15(16)13-5-6-4-7(9(10)11)2-3-8(6)14-15/h2-4H,5H2,1H3. The molecule has 0 radical (unpaired) electrons. The van der Waals surface area contributed by atoms with Gasteiger partial charge < -0.3 is 9.05 Å². The zero-order valence-electron chi connectivity index (χ0n) is 8.28. The fourth-order valence-corrected chi connectivity index (χ4v) is 2.61. The number of hydrogen-bond donors (Lipinski definition) is 0. The van der Waals surface area contributed by atoms with Crippen molar-refractivity contribution in [1.82, 2.24) is 0 Å². The molecule has 0 spiro atoms. The summed E-state index contributed by atoms with van der Waals surface area (Å²) < 4.78 is 15.6. The normalized spacial score (nSPS) is 23.3. The Balaban J connectivity index is 2.36. The molecule has 0 aromatic heterocycles. The molecule has 1 aliphatic rings. The first kappa shape index (κ1) is 11.5. The third-order valence-corrected chi connectivity index (χ3v) is 4.37. The van der Waals surface area contributed by atoms with E-state index in [0.717, 1.165) is 0 Å². The minimum absolute atomic E-state index is 0.00133. The summed E-state index contributed by atoms with van der Waals surface area (Å²) in [5, 5.41) is 10.6. The Hall–Kier alpha value is -1.01. The van der Waals surface area contributed by atoms with Crippen LogP contribution >= 0.6 is 6.72 Å². The molecule has 0 bridgehead atoms. The molecule has 1 heterocycles. The molecule has 8 heteroatoms. The molecule has 1 aromatic carbocycles. The van der Waals surface area contributed by atoms with Gasteiger partial charge in [0.15, 0.2) is 0 Å². The highest BCUT2D eigenvalue weighted by atomic mass is 32.5. The van der Waals surface area contributed by atoms with Gasteiger partial charge in [-0.3, -0.25) is 14.6 Å². The quantitative estimate of drug-likeness (QED) is 0.462. The van der Waals surface area contributed by atoms with Gasteiger partial charge in [0, 0.05) is 36.6 Å². The van der Waals surface area contributed by atoms with Gasteiger partial charge >= 0.3 is 6.72 Å². The Morgan fingerprint density at radius 1 is 1.62 bits per heavy atom. The van der Waals surface area contributed by atoms with Crippen LogP contribution in [0.5, 0.6) is 5.75 Å². The van der Waals surface area contributed by atoms with Crippen molar-refractivity contribution in [2.24, 2.45) is 0 Å². The first-order chi connectivity index (χ1) is 7.54. The predicted molar refractivity (Wildman–Crippen MR) is 59.8 cm³/mol. The van der Waals surface area contributed by atoms with Crippen LogP contribution in [0.2, 0.25) is 0 Å². The molecule has 0 amide bonds. The maximum atomic E-state index is 10.6. The lowest BCUT2D eigenvalue weighted by atomic mass is 10.2. The molecule has 0 N–H and O–H groups in total. The summed E-state index contributed by atoms with van der Waals surface area (Å²) in [6.45, 7) is -2.53. The largest absolute Gasteiger partial charge is 0.424 e. The van der Waals surface area contributed by atoms with Gasteiger partial charge in [-0.2, -0.15) is 0 Å². The van der Waals surface area contributed by atoms with Gasteiger partial charge in [-0.05, 0) is 6.07 Å². The summed E-state index contributed by atoms with van der Waals surface area (Å²) in [4.78, 5) is 10.1. The summed E-state index contributed by atoms with van der Waals surface area (Å²) in [6, 6.07) is 4.28. The summed E-state index contributed by atoms with van der Waals surface area (Å²) >= 11 is 5.03. The first-order valence-electron chi connectivity index (χ1n) is 4.31. The van der Waals surface area contributed by atoms with Crippen LogP contribution in [0.15, 0.2) is 18.2 Å². The van der Waals surface area contributed by atoms with Crippen molar-refractivity contribution in [3.05, 3.63) is 33.9 Å². The Morgan fingerprint density at radius 2 is 2.38 bits per heavy atom. The maximum Gasteiger partial charge on any atom is 0.380 e. The first-order valence-corrected chi connectivity index (χ1v) is 6.87. The average Bonchev–Trinajstić information content (AvgIpc) is 2.28. The van der Waals surface area contributed by atoms with Gasteiger partial charge in [0.2, 0.25) is 0 Å². The van der Waals surface area contributed by atoms with Crippen LogP contribution < -0.4 is 4.52 Å². The van der Waals surface area contributed by atoms with Crippen LogP contribution in [0.3, 0.4) is 0 Å². The third-order valence-electron chi connectivity index (χ3n) is 2.07. The number of nitro groups is 1. The van der Waals surface area contributed by atoms with Gasteiger partial charge in [-0.25, -0.2) is 0 Å². The average molecular weight is 261 g/mol. The molecular formula is C8H8NO5PS. The second kappa shape index (κ2) is 4.10. The van der Waals surface area contributed by atoms with E-state index >= 15 is 0 Å². The van der Waals surface area contributed by atoms with Gasteiger partial charge in [-0.15, -0.1) is 0 Å². The monoisotopic (exact) mass is 261 g/mol. The van der Waals surface area contributed by atoms with Crippen molar-refractivity contribution >= 4 is 24.2 Å². The summed E-state index contributed by atoms with van der Waals surface area (Å²) in [5.41, 5.74) is 0.602. The Bertz CT molecular complexity index is 491. The van der Waals surface area contributed by atoms with Gasteiger partial charge in [0.05, 0.1) is 11.5 Å². The van der Waals surface area contributed by atoms with E-state index in [1.807, 2.05) is 0 Å². The van der Waals surface area contributed by atoms with Crippen LogP contribution in [0, 0.1) is 10.1 Å². The van der Waals surface area contributed by atoms with Crippen molar-refractivity contribution in [2.45, 2.75) is 6.61 Å². The molecule has 0 aliphatic carbocycles. The van der Waals surface area contributed by atoms with E-state index in [-0.39, 0.29) is 12.3 Å². The molecule has 1 unspecified atom stereocenters. The fraction of sp³-hybridized carbons (Fsp3) is 0.250. The van der Waals surface area contributed by atoms with Crippen LogP contribution in [0.25, 0.3) is 0 Å². The molecular weight excluding hydrogens is 253 g/mol. The lowest BCUT2D eigenvalue weighted by molar-refractivity contribution is -0.385. The second-order valence-electron chi connectivity index (χ2n) is 3.04. The van der Waals surface area contributed by atoms with Crippen LogP contribution in [-0.4, -0.2) is 12.0 Å². The topological polar surface area (TPSA) is 70.8 Å². The zero-order chi connectivity index (χ0) is 11.8. The summed E-state index contributed by atoms with van der Waals surface area (Å²) in [5.74, 6) is 0.488. The Morgan fingerprint density at radius 3 is 3.00 bits per heavy atom. The molecule has 1 aromatic rings. The smallest absolute Gasteiger partial charge is 0.380 e. The van der Waals surface area contributed by atoms with E-state index in [1.165, 1.54) is 25.3 Å². The summed E-state index contributed by atoms with van der Waals surface area (Å²) in [6.07, 6.45) is 0. The number of benzene rings is 1. The van der Waals surface area contributed by atoms with Crippen molar-refractivity contribution in [3.8, 4) is 5.75 Å². The molecule has 0 fully saturated rings. The Labute approximate surface area is 96.5 Å². The molecule has 0 saturated heterocycles. The SMILES string of the molecule is COP1(=S)OCc2cc([N+](=O)[O-])ccc2O1. The fourth-order valence-electron chi connectivity index (χ4n) is 1.27. The zero-order valence-corrected chi connectivity index (χ0v) is 9.99. The van der Waals surface area contributed by atoms with E-state index in [1.54, 1.807) is 0 Å². The number of hydrogen-bond acceptors (Lipinski definition) is 6. The van der Waals surface area contributed by atoms with Crippen molar-refractivity contribution in [1.29, 1.82) is 0 Å². The van der Waals surface area contributed by atoms with Crippen molar-refractivity contribution in [2.75, 3.05) is 7.11 Å². The number of nitro benzene ring substituents is 1. The maximum absolute atomic E-state index is 10.6. The van der Waals surface area contributed by atoms with Gasteiger partial charge in [0.1, 0.15) is 5.75 Å². The van der Waals surface area contributed by atoms with E-state index in [0.29, 0.717) is 11.3 Å². The van der Waals surface area contributed by atoms with Gasteiger partial charge in [-0.1, -0.05) is 0 Å². The number of rotatable bonds is 2. The second-order valence-corrected chi connectivity index (χ2v) is 6.09. The van der Waals surface area contributed by atoms with E-state index in [4.69, 9.17) is 25.4 Å². The molecule has 0 saturated carbocycles. The molecule has 1 atom stereocenters. The lowest BCUT2D eigenvalue weighted by Crippen LogP contribution is -2.08. The van der Waals surface area contributed by atoms with Crippen LogP contribution in [0.4, 0.5) is 5.69 Å². The predicted octanol–water partition coefficient (Wildman–Crippen LogP) is 2.37. The van der Waals surface area contributed by atoms with E-state index in [9.17, 15) is 10.1 Å². The highest BCUT2D eigenvalue weighted by molar-refractivity contribution is 8.07. The van der Waals surface area contributed by atoms with E-state index in [2.05, 4.69) is 0 Å². The Kier molecular flexibility index (Phi) is 2.94. The van der Waals surface area contributed by atoms with Crippen LogP contribution in [-0.2, 0) is 27.5 Å². The minimum atomic E-state index is -2.70. The van der Waals surface area contributed by atoms with Crippen molar-refractivity contribution in [3.63, 3.8) is 0 Å². The van der Waals surface area contributed by atoms with Crippen molar-refractivity contribution < 1.29 is 18.5 Å². The molecule has 86 valence electrons. The van der Waals surface area contributed by atoms with Crippen LogP contribution in [0.1, 0.15) is 5.56 Å². The van der Waals surface area contributed by atoms with Gasteiger partial charge in [0.25, 0.3) is 5.69 Å². The lowest BCUT2D eigenvalue weighted by Gasteiger charge is -2.26. The summed E-state index contributed by atoms with van der Waals surface area (Å²) in [7, 11) is 1.41. The third kappa shape index (κ3) is 2.08. The minimum Gasteiger partial charge on any atom is -0.424 e. The molecule has 6 nitrogen and oxygen atoms in total. The number of non-ortho nitro benzene ring substituents is 1. The molecule has 16 heavy (non-hydrogen) atoms. The number of nitrogens with zero attached hydrogens (tertiary/aromatic N) is 1. The van der Waals surface area contributed by atoms with E-state index < -0.39 is 11.6 Å². The molecule has 1 aliphatic heterocycles. The number of fused-ring (bicyclic) bond motifs is 1. The molecule has 2 rings (SSSR count). The highest BCUT2D eigenvalue weighted by Crippen LogP contribution is 2.54.